The summed E-state index contributed by atoms with van der Waals surface area (Å²) < 4.78 is 13.1. The van der Waals surface area contributed by atoms with Crippen LogP contribution in [0, 0.1) is 5.82 Å². The van der Waals surface area contributed by atoms with E-state index in [1.807, 2.05) is 6.07 Å². The van der Waals surface area contributed by atoms with Gasteiger partial charge in [0.1, 0.15) is 11.6 Å². The van der Waals surface area contributed by atoms with E-state index in [9.17, 15) is 4.39 Å². The van der Waals surface area contributed by atoms with Gasteiger partial charge in [-0.25, -0.2) is 9.37 Å². The number of hydrogen-bond donors (Lipinski definition) is 3. The second-order valence-corrected chi connectivity index (χ2v) is 4.59. The van der Waals surface area contributed by atoms with Gasteiger partial charge in [-0.1, -0.05) is 17.7 Å². The van der Waals surface area contributed by atoms with Crippen molar-refractivity contribution >= 4 is 17.4 Å². The third-order valence-electron chi connectivity index (χ3n) is 2.83. The number of rotatable bonds is 4. The van der Waals surface area contributed by atoms with Gasteiger partial charge in [-0.2, -0.15) is 0 Å². The van der Waals surface area contributed by atoms with Crippen molar-refractivity contribution in [2.45, 2.75) is 12.5 Å². The number of halogens is 2. The van der Waals surface area contributed by atoms with E-state index in [2.05, 4.69) is 10.4 Å². The molecule has 2 aromatic rings. The van der Waals surface area contributed by atoms with Crippen molar-refractivity contribution in [3.8, 4) is 0 Å². The number of anilines is 1. The summed E-state index contributed by atoms with van der Waals surface area (Å²) in [6.07, 6.45) is 2.24. The van der Waals surface area contributed by atoms with Crippen molar-refractivity contribution in [2.75, 3.05) is 5.73 Å². The third-order valence-corrected chi connectivity index (χ3v) is 3.12. The Hall–Kier alpha value is -1.69. The van der Waals surface area contributed by atoms with E-state index in [1.165, 1.54) is 6.07 Å². The van der Waals surface area contributed by atoms with E-state index in [0.29, 0.717) is 12.2 Å². The first-order chi connectivity index (χ1) is 9.10. The molecule has 1 unspecified atom stereocenters. The standard InChI is InChI=1S/C13H14ClFN4/c14-10-7-9(1-2-11(10)15)12(19-17)5-8-3-4-18-13(16)6-8/h1-4,6-7,12,19H,5,17H2,(H2,16,18). The lowest BCUT2D eigenvalue weighted by Gasteiger charge is -2.17. The molecule has 0 fully saturated rings. The lowest BCUT2D eigenvalue weighted by Crippen LogP contribution is -2.29. The highest BCUT2D eigenvalue weighted by molar-refractivity contribution is 6.30. The fraction of sp³-hybridized carbons (Fsp3) is 0.154. The highest BCUT2D eigenvalue weighted by atomic mass is 35.5. The molecule has 100 valence electrons. The van der Waals surface area contributed by atoms with Gasteiger partial charge in [-0.15, -0.1) is 0 Å². The average molecular weight is 281 g/mol. The molecule has 0 aliphatic rings. The summed E-state index contributed by atoms with van der Waals surface area (Å²) in [5.41, 5.74) is 10.1. The summed E-state index contributed by atoms with van der Waals surface area (Å²) in [4.78, 5) is 3.93. The zero-order valence-electron chi connectivity index (χ0n) is 10.1. The van der Waals surface area contributed by atoms with Crippen LogP contribution < -0.4 is 17.0 Å². The van der Waals surface area contributed by atoms with E-state index < -0.39 is 5.82 Å². The lowest BCUT2D eigenvalue weighted by molar-refractivity contribution is 0.549. The summed E-state index contributed by atoms with van der Waals surface area (Å²) in [5.74, 6) is 5.54. The number of benzene rings is 1. The summed E-state index contributed by atoms with van der Waals surface area (Å²) in [6, 6.07) is 7.98. The highest BCUT2D eigenvalue weighted by Crippen LogP contribution is 2.23. The minimum Gasteiger partial charge on any atom is -0.384 e. The molecule has 0 radical (unpaired) electrons. The zero-order chi connectivity index (χ0) is 13.8. The van der Waals surface area contributed by atoms with Crippen LogP contribution in [0.5, 0.6) is 0 Å². The molecule has 0 spiro atoms. The van der Waals surface area contributed by atoms with Gasteiger partial charge in [0.05, 0.1) is 11.1 Å². The van der Waals surface area contributed by atoms with Crippen LogP contribution in [0.4, 0.5) is 10.2 Å². The van der Waals surface area contributed by atoms with Gasteiger partial charge in [0, 0.05) is 6.20 Å². The van der Waals surface area contributed by atoms with E-state index in [0.717, 1.165) is 11.1 Å². The van der Waals surface area contributed by atoms with Gasteiger partial charge in [-0.3, -0.25) is 11.3 Å². The zero-order valence-corrected chi connectivity index (χ0v) is 10.9. The quantitative estimate of drug-likeness (QED) is 0.593. The van der Waals surface area contributed by atoms with Crippen molar-refractivity contribution < 1.29 is 4.39 Å². The molecule has 19 heavy (non-hydrogen) atoms. The normalized spacial score (nSPS) is 12.4. The minimum atomic E-state index is -0.450. The molecular weight excluding hydrogens is 267 g/mol. The highest BCUT2D eigenvalue weighted by Gasteiger charge is 2.12. The van der Waals surface area contributed by atoms with Crippen LogP contribution in [0.25, 0.3) is 0 Å². The van der Waals surface area contributed by atoms with Crippen LogP contribution in [0.15, 0.2) is 36.5 Å². The van der Waals surface area contributed by atoms with Crippen molar-refractivity contribution in [2.24, 2.45) is 5.84 Å². The maximum Gasteiger partial charge on any atom is 0.141 e. The van der Waals surface area contributed by atoms with Gasteiger partial charge in [0.15, 0.2) is 0 Å². The maximum atomic E-state index is 13.1. The number of hydrazine groups is 1. The fourth-order valence-electron chi connectivity index (χ4n) is 1.86. The smallest absolute Gasteiger partial charge is 0.141 e. The fourth-order valence-corrected chi connectivity index (χ4v) is 2.05. The molecule has 1 heterocycles. The number of nitrogen functional groups attached to an aromatic ring is 1. The van der Waals surface area contributed by atoms with Gasteiger partial charge in [-0.05, 0) is 41.8 Å². The average Bonchev–Trinajstić information content (AvgIpc) is 2.39. The number of hydrogen-bond acceptors (Lipinski definition) is 4. The largest absolute Gasteiger partial charge is 0.384 e. The first-order valence-electron chi connectivity index (χ1n) is 5.71. The molecular formula is C13H14ClFN4. The second-order valence-electron chi connectivity index (χ2n) is 4.19. The molecule has 0 saturated heterocycles. The van der Waals surface area contributed by atoms with Crippen LogP contribution in [0.1, 0.15) is 17.2 Å². The van der Waals surface area contributed by atoms with Crippen molar-refractivity contribution in [1.29, 1.82) is 0 Å². The van der Waals surface area contributed by atoms with Crippen LogP contribution >= 0.6 is 11.6 Å². The summed E-state index contributed by atoms with van der Waals surface area (Å²) >= 11 is 5.77. The maximum absolute atomic E-state index is 13.1. The number of nitrogens with zero attached hydrogens (tertiary/aromatic N) is 1. The van der Waals surface area contributed by atoms with E-state index in [1.54, 1.807) is 24.4 Å². The summed E-state index contributed by atoms with van der Waals surface area (Å²) in [5, 5.41) is 0.0759. The van der Waals surface area contributed by atoms with Crippen LogP contribution in [0.2, 0.25) is 5.02 Å². The number of aromatic nitrogens is 1. The molecule has 6 heteroatoms. The van der Waals surface area contributed by atoms with Gasteiger partial charge < -0.3 is 5.73 Å². The van der Waals surface area contributed by atoms with Gasteiger partial charge in [0.2, 0.25) is 0 Å². The van der Waals surface area contributed by atoms with Gasteiger partial charge >= 0.3 is 0 Å². The Morgan fingerprint density at radius 1 is 1.32 bits per heavy atom. The van der Waals surface area contributed by atoms with E-state index >= 15 is 0 Å². The number of pyridine rings is 1. The predicted octanol–water partition coefficient (Wildman–Crippen LogP) is 2.20. The first-order valence-corrected chi connectivity index (χ1v) is 6.09. The molecule has 0 amide bonds. The second kappa shape index (κ2) is 5.97. The monoisotopic (exact) mass is 280 g/mol. The topological polar surface area (TPSA) is 77.0 Å². The third kappa shape index (κ3) is 3.41. The van der Waals surface area contributed by atoms with Crippen LogP contribution in [-0.4, -0.2) is 4.98 Å². The molecule has 1 atom stereocenters. The molecule has 1 aromatic carbocycles. The van der Waals surface area contributed by atoms with Crippen molar-refractivity contribution in [1.82, 2.24) is 10.4 Å². The Kier molecular flexibility index (Phi) is 4.31. The minimum absolute atomic E-state index is 0.0759. The Balaban J connectivity index is 2.22. The molecule has 0 aliphatic carbocycles. The molecule has 2 rings (SSSR count). The van der Waals surface area contributed by atoms with E-state index in [-0.39, 0.29) is 11.1 Å². The van der Waals surface area contributed by atoms with Crippen LogP contribution in [0.3, 0.4) is 0 Å². The van der Waals surface area contributed by atoms with Crippen molar-refractivity contribution in [3.63, 3.8) is 0 Å². The SMILES string of the molecule is NNC(Cc1ccnc(N)c1)c1ccc(F)c(Cl)c1. The summed E-state index contributed by atoms with van der Waals surface area (Å²) in [6.45, 7) is 0. The molecule has 1 aromatic heterocycles. The van der Waals surface area contributed by atoms with Gasteiger partial charge in [0.25, 0.3) is 0 Å². The number of nitrogens with one attached hydrogen (secondary N) is 1. The van der Waals surface area contributed by atoms with E-state index in [4.69, 9.17) is 23.2 Å². The molecule has 0 aliphatic heterocycles. The molecule has 0 saturated carbocycles. The summed E-state index contributed by atoms with van der Waals surface area (Å²) in [7, 11) is 0. The van der Waals surface area contributed by atoms with Crippen LogP contribution in [-0.2, 0) is 6.42 Å². The molecule has 0 bridgehead atoms. The van der Waals surface area contributed by atoms with Crippen molar-refractivity contribution in [3.05, 3.63) is 58.5 Å². The Labute approximate surface area is 115 Å². The first kappa shape index (κ1) is 13.7. The Bertz CT molecular complexity index is 576. The lowest BCUT2D eigenvalue weighted by atomic mass is 10.00. The molecule has 5 N–H and O–H groups in total. The number of nitrogens with two attached hydrogens (primary N) is 2. The Morgan fingerprint density at radius 3 is 2.74 bits per heavy atom. The predicted molar refractivity (Wildman–Crippen MR) is 73.8 cm³/mol. The Morgan fingerprint density at radius 2 is 2.11 bits per heavy atom. The molecule has 4 nitrogen and oxygen atoms in total.